The summed E-state index contributed by atoms with van der Waals surface area (Å²) in [5, 5.41) is 11.6. The van der Waals surface area contributed by atoms with Crippen LogP contribution in [0.4, 0.5) is 5.69 Å². The van der Waals surface area contributed by atoms with Crippen LogP contribution in [0.3, 0.4) is 0 Å². The van der Waals surface area contributed by atoms with Crippen molar-refractivity contribution in [1.82, 2.24) is 4.90 Å². The lowest BCUT2D eigenvalue weighted by Gasteiger charge is -2.31. The van der Waals surface area contributed by atoms with Crippen molar-refractivity contribution >= 4 is 35.1 Å². The zero-order valence-corrected chi connectivity index (χ0v) is 18.4. The van der Waals surface area contributed by atoms with E-state index in [9.17, 15) is 14.9 Å². The molecule has 9 heteroatoms. The summed E-state index contributed by atoms with van der Waals surface area (Å²) >= 11 is 3.68. The first-order chi connectivity index (χ1) is 13.4. The van der Waals surface area contributed by atoms with E-state index in [1.54, 1.807) is 13.0 Å². The van der Waals surface area contributed by atoms with Crippen LogP contribution in [-0.2, 0) is 4.74 Å². The fraction of sp³-hybridized carbons (Fsp3) is 0.632. The van der Waals surface area contributed by atoms with Crippen LogP contribution in [0, 0.1) is 17.0 Å². The number of aryl methyl sites for hydroxylation is 1. The highest BCUT2D eigenvalue weighted by molar-refractivity contribution is 8.17. The lowest BCUT2D eigenvalue weighted by Crippen LogP contribution is -2.41. The van der Waals surface area contributed by atoms with E-state index in [1.165, 1.54) is 13.2 Å². The summed E-state index contributed by atoms with van der Waals surface area (Å²) in [6, 6.07) is 2.98. The summed E-state index contributed by atoms with van der Waals surface area (Å²) < 4.78 is 10.6. The fourth-order valence-electron chi connectivity index (χ4n) is 3.36. The zero-order valence-electron chi connectivity index (χ0n) is 16.8. The van der Waals surface area contributed by atoms with Crippen molar-refractivity contribution in [2.45, 2.75) is 44.2 Å². The lowest BCUT2D eigenvalue weighted by atomic mass is 10.1. The number of ether oxygens (including phenoxy) is 2. The number of nitro groups is 1. The SMILES string of the molecule is CCSC(SCC)[C@@H]1CCCN1C(=O)c1cc(C)c(OCOC)cc1[N+](=O)[O-]. The molecule has 0 spiro atoms. The maximum absolute atomic E-state index is 13.3. The molecule has 1 aromatic carbocycles. The smallest absolute Gasteiger partial charge is 0.285 e. The molecule has 1 atom stereocenters. The molecule has 0 saturated carbocycles. The van der Waals surface area contributed by atoms with Crippen molar-refractivity contribution in [3.8, 4) is 5.75 Å². The van der Waals surface area contributed by atoms with Gasteiger partial charge < -0.3 is 14.4 Å². The van der Waals surface area contributed by atoms with Gasteiger partial charge >= 0.3 is 0 Å². The molecule has 1 saturated heterocycles. The molecule has 0 bridgehead atoms. The Morgan fingerprint density at radius 3 is 2.61 bits per heavy atom. The van der Waals surface area contributed by atoms with Gasteiger partial charge in [-0.3, -0.25) is 14.9 Å². The van der Waals surface area contributed by atoms with Gasteiger partial charge in [0.15, 0.2) is 6.79 Å². The van der Waals surface area contributed by atoms with E-state index >= 15 is 0 Å². The first-order valence-electron chi connectivity index (χ1n) is 9.39. The van der Waals surface area contributed by atoms with E-state index in [-0.39, 0.29) is 34.6 Å². The molecule has 1 aliphatic heterocycles. The third-order valence-corrected chi connectivity index (χ3v) is 7.36. The number of hydrogen-bond acceptors (Lipinski definition) is 7. The third kappa shape index (κ3) is 5.33. The molecular formula is C19H28N2O5S2. The Morgan fingerprint density at radius 1 is 1.36 bits per heavy atom. The van der Waals surface area contributed by atoms with Crippen LogP contribution in [0.25, 0.3) is 0 Å². The molecule has 156 valence electrons. The van der Waals surface area contributed by atoms with Crippen LogP contribution in [0.1, 0.15) is 42.6 Å². The van der Waals surface area contributed by atoms with E-state index in [4.69, 9.17) is 9.47 Å². The number of carbonyl (C=O) groups is 1. The number of nitro benzene ring substituents is 1. The van der Waals surface area contributed by atoms with E-state index in [0.717, 1.165) is 24.3 Å². The minimum atomic E-state index is -0.517. The number of rotatable bonds is 10. The maximum atomic E-state index is 13.3. The van der Waals surface area contributed by atoms with Crippen molar-refractivity contribution in [2.75, 3.05) is 32.0 Å². The molecule has 1 heterocycles. The standard InChI is InChI=1S/C19H28N2O5S2/c1-5-27-19(28-6-2)15-8-7-9-20(15)18(22)14-10-13(3)17(26-12-25-4)11-16(14)21(23)24/h10-11,15,19H,5-9,12H2,1-4H3/t15-/m0/s1. The molecule has 0 radical (unpaired) electrons. The number of benzene rings is 1. The predicted molar refractivity (Wildman–Crippen MR) is 114 cm³/mol. The highest BCUT2D eigenvalue weighted by atomic mass is 32.2. The van der Waals surface area contributed by atoms with Crippen LogP contribution < -0.4 is 4.74 Å². The first-order valence-corrected chi connectivity index (χ1v) is 11.5. The van der Waals surface area contributed by atoms with Gasteiger partial charge in [0.2, 0.25) is 0 Å². The molecule has 1 aromatic rings. The average molecular weight is 429 g/mol. The summed E-state index contributed by atoms with van der Waals surface area (Å²) in [5.74, 6) is 2.03. The number of nitrogens with zero attached hydrogens (tertiary/aromatic N) is 2. The van der Waals surface area contributed by atoms with Gasteiger partial charge in [-0.2, -0.15) is 0 Å². The summed E-state index contributed by atoms with van der Waals surface area (Å²) in [6.45, 7) is 6.62. The first kappa shape index (κ1) is 22.8. The molecule has 0 N–H and O–H groups in total. The monoisotopic (exact) mass is 428 g/mol. The van der Waals surface area contributed by atoms with Crippen LogP contribution in [-0.4, -0.2) is 58.3 Å². The Balaban J connectivity index is 2.35. The van der Waals surface area contributed by atoms with Gasteiger partial charge in [-0.1, -0.05) is 13.8 Å². The number of carbonyl (C=O) groups excluding carboxylic acids is 1. The average Bonchev–Trinajstić information content (AvgIpc) is 3.15. The number of hydrogen-bond donors (Lipinski definition) is 0. The van der Waals surface area contributed by atoms with Crippen molar-refractivity contribution in [2.24, 2.45) is 0 Å². The minimum Gasteiger partial charge on any atom is -0.467 e. The highest BCUT2D eigenvalue weighted by Crippen LogP contribution is 2.37. The van der Waals surface area contributed by atoms with Gasteiger partial charge in [-0.05, 0) is 42.9 Å². The second kappa shape index (κ2) is 10.9. The maximum Gasteiger partial charge on any atom is 0.285 e. The van der Waals surface area contributed by atoms with Gasteiger partial charge in [-0.15, -0.1) is 23.5 Å². The molecule has 2 rings (SSSR count). The molecule has 0 aromatic heterocycles. The van der Waals surface area contributed by atoms with Crippen molar-refractivity contribution in [3.05, 3.63) is 33.4 Å². The molecule has 1 amide bonds. The largest absolute Gasteiger partial charge is 0.467 e. The van der Waals surface area contributed by atoms with Crippen molar-refractivity contribution < 1.29 is 19.2 Å². The topological polar surface area (TPSA) is 81.9 Å². The molecule has 0 aliphatic carbocycles. The van der Waals surface area contributed by atoms with Crippen LogP contribution in [0.2, 0.25) is 0 Å². The fourth-order valence-corrected chi connectivity index (χ4v) is 6.23. The van der Waals surface area contributed by atoms with Gasteiger partial charge in [0.1, 0.15) is 11.3 Å². The lowest BCUT2D eigenvalue weighted by molar-refractivity contribution is -0.385. The summed E-state index contributed by atoms with van der Waals surface area (Å²) in [5.41, 5.74) is 0.570. The Morgan fingerprint density at radius 2 is 2.04 bits per heavy atom. The quantitative estimate of drug-likeness (QED) is 0.312. The molecule has 0 unspecified atom stereocenters. The number of thioether (sulfide) groups is 2. The molecule has 1 aliphatic rings. The minimum absolute atomic E-state index is 0.0103. The summed E-state index contributed by atoms with van der Waals surface area (Å²) in [4.78, 5) is 26.3. The van der Waals surface area contributed by atoms with Crippen LogP contribution in [0.15, 0.2) is 12.1 Å². The van der Waals surface area contributed by atoms with E-state index < -0.39 is 4.92 Å². The van der Waals surface area contributed by atoms with Gasteiger partial charge in [0.25, 0.3) is 11.6 Å². The Bertz CT molecular complexity index is 695. The zero-order chi connectivity index (χ0) is 20.7. The Kier molecular flexibility index (Phi) is 8.91. The van der Waals surface area contributed by atoms with E-state index in [1.807, 2.05) is 28.4 Å². The number of amides is 1. The number of methoxy groups -OCH3 is 1. The Hall–Kier alpha value is -1.45. The van der Waals surface area contributed by atoms with Crippen molar-refractivity contribution in [1.29, 1.82) is 0 Å². The molecule has 28 heavy (non-hydrogen) atoms. The van der Waals surface area contributed by atoms with Crippen LogP contribution >= 0.6 is 23.5 Å². The van der Waals surface area contributed by atoms with Crippen LogP contribution in [0.5, 0.6) is 5.75 Å². The van der Waals surface area contributed by atoms with Gasteiger partial charge in [0.05, 0.1) is 21.6 Å². The third-order valence-electron chi connectivity index (χ3n) is 4.59. The highest BCUT2D eigenvalue weighted by Gasteiger charge is 2.37. The van der Waals surface area contributed by atoms with Crippen molar-refractivity contribution in [3.63, 3.8) is 0 Å². The second-order valence-corrected chi connectivity index (χ2v) is 9.57. The Labute approximate surface area is 174 Å². The number of likely N-dealkylation sites (tertiary alicyclic amines) is 1. The molecule has 7 nitrogen and oxygen atoms in total. The second-order valence-electron chi connectivity index (χ2n) is 6.43. The predicted octanol–water partition coefficient (Wildman–Crippen LogP) is 4.32. The molecular weight excluding hydrogens is 400 g/mol. The van der Waals surface area contributed by atoms with E-state index in [2.05, 4.69) is 13.8 Å². The normalized spacial score (nSPS) is 16.6. The molecule has 1 fully saturated rings. The summed E-state index contributed by atoms with van der Waals surface area (Å²) in [7, 11) is 1.48. The van der Waals surface area contributed by atoms with Gasteiger partial charge in [0, 0.05) is 13.7 Å². The van der Waals surface area contributed by atoms with E-state index in [0.29, 0.717) is 17.9 Å². The summed E-state index contributed by atoms with van der Waals surface area (Å²) in [6.07, 6.45) is 1.85. The van der Waals surface area contributed by atoms with Gasteiger partial charge in [-0.25, -0.2) is 0 Å².